The average Bonchev–Trinajstić information content (AvgIpc) is 2.96. The number of nitrogens with zero attached hydrogens (tertiary/aromatic N) is 3. The van der Waals surface area contributed by atoms with Crippen LogP contribution in [-0.4, -0.2) is 36.3 Å². The molecule has 1 fully saturated rings. The number of anilines is 1. The molecule has 1 heterocycles. The van der Waals surface area contributed by atoms with Gasteiger partial charge < -0.3 is 9.80 Å². The lowest BCUT2D eigenvalue weighted by Crippen LogP contribution is -2.39. The number of carbonyl (C=O) groups is 2. The maximum atomic E-state index is 12.7. The predicted octanol–water partition coefficient (Wildman–Crippen LogP) is 3.12. The molecule has 0 aromatic heterocycles. The van der Waals surface area contributed by atoms with Crippen molar-refractivity contribution in [1.29, 1.82) is 5.26 Å². The van der Waals surface area contributed by atoms with Gasteiger partial charge in [-0.3, -0.25) is 9.59 Å². The summed E-state index contributed by atoms with van der Waals surface area (Å²) in [7, 11) is 0. The van der Waals surface area contributed by atoms with Crippen LogP contribution in [0.4, 0.5) is 5.69 Å². The third kappa shape index (κ3) is 3.96. The fraction of sp³-hybridized carbons (Fsp3) is 0.500. The van der Waals surface area contributed by atoms with Crippen LogP contribution in [0.25, 0.3) is 0 Å². The van der Waals surface area contributed by atoms with Gasteiger partial charge in [0, 0.05) is 36.2 Å². The maximum absolute atomic E-state index is 12.7. The van der Waals surface area contributed by atoms with Gasteiger partial charge in [-0.05, 0) is 44.5 Å². The van der Waals surface area contributed by atoms with Crippen LogP contribution in [0.5, 0.6) is 0 Å². The second-order valence-electron chi connectivity index (χ2n) is 6.25. The molecule has 2 unspecified atom stereocenters. The number of hydrogen-bond acceptors (Lipinski definition) is 3. The number of nitriles is 1. The molecule has 0 bridgehead atoms. The minimum absolute atomic E-state index is 0.0283. The van der Waals surface area contributed by atoms with Gasteiger partial charge in [0.25, 0.3) is 0 Å². The summed E-state index contributed by atoms with van der Waals surface area (Å²) in [4.78, 5) is 28.4. The minimum atomic E-state index is -0.340. The highest BCUT2D eigenvalue weighted by Crippen LogP contribution is 2.29. The van der Waals surface area contributed by atoms with Crippen LogP contribution < -0.4 is 4.90 Å². The fourth-order valence-corrected chi connectivity index (χ4v) is 3.17. The van der Waals surface area contributed by atoms with Crippen LogP contribution >= 0.6 is 15.9 Å². The topological polar surface area (TPSA) is 64.4 Å². The number of aryl methyl sites for hydroxylation is 1. The van der Waals surface area contributed by atoms with Gasteiger partial charge in [0.15, 0.2) is 0 Å². The summed E-state index contributed by atoms with van der Waals surface area (Å²) in [6.45, 7) is 7.02. The molecule has 0 radical (unpaired) electrons. The van der Waals surface area contributed by atoms with Crippen molar-refractivity contribution in [3.05, 3.63) is 28.2 Å². The van der Waals surface area contributed by atoms with E-state index in [9.17, 15) is 9.59 Å². The molecule has 0 aliphatic carbocycles. The van der Waals surface area contributed by atoms with Crippen LogP contribution in [-0.2, 0) is 9.59 Å². The zero-order valence-corrected chi connectivity index (χ0v) is 15.8. The molecule has 2 atom stereocenters. The highest BCUT2D eigenvalue weighted by molar-refractivity contribution is 9.10. The monoisotopic (exact) mass is 391 g/mol. The van der Waals surface area contributed by atoms with Gasteiger partial charge in [0.2, 0.25) is 11.8 Å². The average molecular weight is 392 g/mol. The van der Waals surface area contributed by atoms with Crippen LogP contribution in [0.15, 0.2) is 22.7 Å². The van der Waals surface area contributed by atoms with Crippen molar-refractivity contribution in [2.75, 3.05) is 24.5 Å². The predicted molar refractivity (Wildman–Crippen MR) is 96.4 cm³/mol. The van der Waals surface area contributed by atoms with Crippen LogP contribution in [0.3, 0.4) is 0 Å². The fourth-order valence-electron chi connectivity index (χ4n) is 2.92. The van der Waals surface area contributed by atoms with E-state index in [1.807, 2.05) is 32.0 Å². The van der Waals surface area contributed by atoms with Crippen molar-refractivity contribution < 1.29 is 9.59 Å². The van der Waals surface area contributed by atoms with E-state index < -0.39 is 0 Å². The van der Waals surface area contributed by atoms with Crippen LogP contribution in [0.1, 0.15) is 25.8 Å². The third-order valence-electron chi connectivity index (χ3n) is 4.34. The van der Waals surface area contributed by atoms with Gasteiger partial charge in [-0.15, -0.1) is 0 Å². The number of benzene rings is 1. The molecular formula is C18H22BrN3O2. The van der Waals surface area contributed by atoms with E-state index in [0.717, 1.165) is 15.7 Å². The Labute approximate surface area is 151 Å². The molecule has 24 heavy (non-hydrogen) atoms. The summed E-state index contributed by atoms with van der Waals surface area (Å²) in [5, 5.41) is 8.95. The lowest BCUT2D eigenvalue weighted by atomic mass is 10.1. The van der Waals surface area contributed by atoms with Crippen molar-refractivity contribution in [3.63, 3.8) is 0 Å². The zero-order valence-electron chi connectivity index (χ0n) is 14.3. The first-order chi connectivity index (χ1) is 11.4. The summed E-state index contributed by atoms with van der Waals surface area (Å²) in [5.74, 6) is -0.618. The first-order valence-corrected chi connectivity index (χ1v) is 8.91. The lowest BCUT2D eigenvalue weighted by molar-refractivity contribution is -0.136. The molecule has 1 aliphatic rings. The summed E-state index contributed by atoms with van der Waals surface area (Å²) in [5.41, 5.74) is 1.87. The van der Waals surface area contributed by atoms with E-state index in [1.54, 1.807) is 16.7 Å². The summed E-state index contributed by atoms with van der Waals surface area (Å²) in [6.07, 6.45) is 0.228. The van der Waals surface area contributed by atoms with Crippen molar-refractivity contribution in [3.8, 4) is 6.07 Å². The number of hydrogen-bond donors (Lipinski definition) is 0. The van der Waals surface area contributed by atoms with E-state index in [1.165, 1.54) is 0 Å². The molecule has 1 aromatic rings. The first kappa shape index (κ1) is 18.5. The molecule has 0 N–H and O–H groups in total. The lowest BCUT2D eigenvalue weighted by Gasteiger charge is -2.25. The highest BCUT2D eigenvalue weighted by atomic mass is 79.9. The Morgan fingerprint density at radius 3 is 2.83 bits per heavy atom. The van der Waals surface area contributed by atoms with Crippen LogP contribution in [0.2, 0.25) is 0 Å². The molecule has 1 aliphatic heterocycles. The Hall–Kier alpha value is -1.87. The van der Waals surface area contributed by atoms with Crippen molar-refractivity contribution in [2.24, 2.45) is 11.8 Å². The molecule has 5 nitrogen and oxygen atoms in total. The smallest absolute Gasteiger partial charge is 0.228 e. The van der Waals surface area contributed by atoms with Gasteiger partial charge in [-0.2, -0.15) is 5.26 Å². The Morgan fingerprint density at radius 1 is 1.54 bits per heavy atom. The third-order valence-corrected chi connectivity index (χ3v) is 5.23. The first-order valence-electron chi connectivity index (χ1n) is 8.12. The van der Waals surface area contributed by atoms with Crippen LogP contribution in [0, 0.1) is 30.1 Å². The zero-order chi connectivity index (χ0) is 17.9. The summed E-state index contributed by atoms with van der Waals surface area (Å²) < 4.78 is 0.994. The summed E-state index contributed by atoms with van der Waals surface area (Å²) in [6, 6.07) is 7.91. The SMILES string of the molecule is CCN(CC(C)C#N)C(=O)C1CC(=O)N(c2ccc(Br)c(C)c2)C1. The van der Waals surface area contributed by atoms with E-state index in [-0.39, 0.29) is 30.1 Å². The minimum Gasteiger partial charge on any atom is -0.341 e. The Balaban J connectivity index is 2.12. The Bertz CT molecular complexity index is 683. The van der Waals surface area contributed by atoms with Gasteiger partial charge in [-0.25, -0.2) is 0 Å². The number of carbonyl (C=O) groups excluding carboxylic acids is 2. The van der Waals surface area contributed by atoms with Gasteiger partial charge in [0.1, 0.15) is 0 Å². The number of rotatable bonds is 5. The molecule has 2 amide bonds. The van der Waals surface area contributed by atoms with Crippen molar-refractivity contribution in [1.82, 2.24) is 4.90 Å². The van der Waals surface area contributed by atoms with Gasteiger partial charge in [-0.1, -0.05) is 15.9 Å². The van der Waals surface area contributed by atoms with Gasteiger partial charge >= 0.3 is 0 Å². The normalized spacial score (nSPS) is 18.4. The number of halogens is 1. The van der Waals surface area contributed by atoms with Gasteiger partial charge in [0.05, 0.1) is 17.9 Å². The second kappa shape index (κ2) is 7.80. The maximum Gasteiger partial charge on any atom is 0.228 e. The van der Waals surface area contributed by atoms with Crippen molar-refractivity contribution in [2.45, 2.75) is 27.2 Å². The highest BCUT2D eigenvalue weighted by Gasteiger charge is 2.37. The largest absolute Gasteiger partial charge is 0.341 e. The Kier molecular flexibility index (Phi) is 6.00. The van der Waals surface area contributed by atoms with E-state index in [4.69, 9.17) is 5.26 Å². The summed E-state index contributed by atoms with van der Waals surface area (Å²) >= 11 is 3.46. The molecule has 1 aromatic carbocycles. The molecule has 128 valence electrons. The standard InChI is InChI=1S/C18H22BrN3O2/c1-4-21(10-12(2)9-20)18(24)14-8-17(23)22(11-14)15-5-6-16(19)13(3)7-15/h5-7,12,14H,4,8,10-11H2,1-3H3. The molecule has 1 saturated heterocycles. The van der Waals surface area contributed by atoms with Crippen molar-refractivity contribution >= 4 is 33.4 Å². The van der Waals surface area contributed by atoms with E-state index in [2.05, 4.69) is 22.0 Å². The molecule has 0 saturated carbocycles. The molecule has 2 rings (SSSR count). The molecular weight excluding hydrogens is 370 g/mol. The van der Waals surface area contributed by atoms with E-state index in [0.29, 0.717) is 19.6 Å². The molecule has 6 heteroatoms. The molecule has 0 spiro atoms. The second-order valence-corrected chi connectivity index (χ2v) is 7.10. The van der Waals surface area contributed by atoms with E-state index >= 15 is 0 Å². The quantitative estimate of drug-likeness (QED) is 0.774. The number of amides is 2. The Morgan fingerprint density at radius 2 is 2.25 bits per heavy atom.